The molecule has 1 heterocycles. The third-order valence-electron chi connectivity index (χ3n) is 2.70. The van der Waals surface area contributed by atoms with Crippen LogP contribution in [0.15, 0.2) is 36.4 Å². The Kier molecular flexibility index (Phi) is 1.45. The largest absolute Gasteiger partial charge is 0.325 e. The fraction of sp³-hybridized carbons (Fsp3) is 0. The SMILES string of the molecule is N=C1NC(=N)c2c1ccc1ccccc21. The van der Waals surface area contributed by atoms with Gasteiger partial charge in [0.2, 0.25) is 0 Å². The van der Waals surface area contributed by atoms with Crippen LogP contribution in [0.1, 0.15) is 11.1 Å². The van der Waals surface area contributed by atoms with Crippen LogP contribution < -0.4 is 5.32 Å². The minimum absolute atomic E-state index is 0.320. The molecule has 1 aliphatic heterocycles. The summed E-state index contributed by atoms with van der Waals surface area (Å²) in [6.07, 6.45) is 0. The van der Waals surface area contributed by atoms with Crippen molar-refractivity contribution < 1.29 is 0 Å². The fourth-order valence-corrected chi connectivity index (χ4v) is 2.00. The Hall–Kier alpha value is -2.16. The zero-order valence-electron chi connectivity index (χ0n) is 7.96. The van der Waals surface area contributed by atoms with Gasteiger partial charge in [-0.2, -0.15) is 0 Å². The number of amidine groups is 2. The number of hydrogen-bond donors (Lipinski definition) is 3. The van der Waals surface area contributed by atoms with Crippen LogP contribution in [0.25, 0.3) is 10.8 Å². The van der Waals surface area contributed by atoms with E-state index in [1.165, 1.54) is 0 Å². The molecule has 0 fully saturated rings. The Morgan fingerprint density at radius 2 is 1.67 bits per heavy atom. The Balaban J connectivity index is 2.49. The summed E-state index contributed by atoms with van der Waals surface area (Å²) in [5.41, 5.74) is 1.66. The second kappa shape index (κ2) is 2.67. The first-order chi connectivity index (χ1) is 7.27. The predicted molar refractivity (Wildman–Crippen MR) is 60.7 cm³/mol. The summed E-state index contributed by atoms with van der Waals surface area (Å²) in [5, 5.41) is 20.4. The van der Waals surface area contributed by atoms with Crippen LogP contribution in [0.5, 0.6) is 0 Å². The zero-order valence-corrected chi connectivity index (χ0v) is 7.96. The fourth-order valence-electron chi connectivity index (χ4n) is 2.00. The van der Waals surface area contributed by atoms with Crippen molar-refractivity contribution in [3.8, 4) is 0 Å². The first kappa shape index (κ1) is 8.17. The summed E-state index contributed by atoms with van der Waals surface area (Å²) in [6.45, 7) is 0. The maximum absolute atomic E-state index is 7.79. The van der Waals surface area contributed by atoms with Crippen molar-refractivity contribution in [2.75, 3.05) is 0 Å². The maximum Gasteiger partial charge on any atom is 0.132 e. The Bertz CT molecular complexity index is 599. The molecule has 2 aromatic carbocycles. The van der Waals surface area contributed by atoms with Crippen molar-refractivity contribution in [3.05, 3.63) is 47.5 Å². The Morgan fingerprint density at radius 1 is 0.867 bits per heavy atom. The molecule has 0 atom stereocenters. The molecule has 0 unspecified atom stereocenters. The lowest BCUT2D eigenvalue weighted by atomic mass is 10.0. The van der Waals surface area contributed by atoms with E-state index in [0.717, 1.165) is 21.9 Å². The lowest BCUT2D eigenvalue weighted by Crippen LogP contribution is -2.20. The van der Waals surface area contributed by atoms with Crippen LogP contribution in [-0.4, -0.2) is 11.7 Å². The molecule has 0 saturated heterocycles. The first-order valence-corrected chi connectivity index (χ1v) is 4.74. The predicted octanol–water partition coefficient (Wildman–Crippen LogP) is 2.09. The summed E-state index contributed by atoms with van der Waals surface area (Å²) in [5.74, 6) is 0.646. The van der Waals surface area contributed by atoms with E-state index in [9.17, 15) is 0 Å². The van der Waals surface area contributed by atoms with Gasteiger partial charge in [0.05, 0.1) is 0 Å². The van der Waals surface area contributed by atoms with Crippen LogP contribution in [0.2, 0.25) is 0 Å². The van der Waals surface area contributed by atoms with Crippen molar-refractivity contribution in [1.29, 1.82) is 10.8 Å². The lowest BCUT2D eigenvalue weighted by Gasteiger charge is -2.02. The third-order valence-corrected chi connectivity index (χ3v) is 2.70. The van der Waals surface area contributed by atoms with Gasteiger partial charge in [0.15, 0.2) is 0 Å². The highest BCUT2D eigenvalue weighted by Crippen LogP contribution is 2.25. The van der Waals surface area contributed by atoms with E-state index in [1.54, 1.807) is 0 Å². The molecule has 0 aromatic heterocycles. The molecule has 72 valence electrons. The Labute approximate surface area is 86.8 Å². The Morgan fingerprint density at radius 3 is 2.53 bits per heavy atom. The van der Waals surface area contributed by atoms with E-state index in [-0.39, 0.29) is 0 Å². The summed E-state index contributed by atoms with van der Waals surface area (Å²) >= 11 is 0. The quantitative estimate of drug-likeness (QED) is 0.592. The van der Waals surface area contributed by atoms with Gasteiger partial charge in [0, 0.05) is 11.1 Å². The van der Waals surface area contributed by atoms with Gasteiger partial charge < -0.3 is 5.32 Å². The minimum Gasteiger partial charge on any atom is -0.325 e. The number of nitrogens with one attached hydrogen (secondary N) is 3. The highest BCUT2D eigenvalue weighted by Gasteiger charge is 2.22. The average Bonchev–Trinajstić information content (AvgIpc) is 2.55. The van der Waals surface area contributed by atoms with Gasteiger partial charge in [-0.25, -0.2) is 0 Å². The van der Waals surface area contributed by atoms with Crippen LogP contribution in [0.3, 0.4) is 0 Å². The molecule has 3 rings (SSSR count). The highest BCUT2D eigenvalue weighted by molar-refractivity contribution is 6.28. The van der Waals surface area contributed by atoms with E-state index in [1.807, 2.05) is 36.4 Å². The summed E-state index contributed by atoms with van der Waals surface area (Å²) < 4.78 is 0. The van der Waals surface area contributed by atoms with Crippen molar-refractivity contribution in [2.24, 2.45) is 0 Å². The molecule has 0 saturated carbocycles. The highest BCUT2D eigenvalue weighted by atomic mass is 15.0. The normalized spacial score (nSPS) is 14.1. The van der Waals surface area contributed by atoms with E-state index in [2.05, 4.69) is 5.32 Å². The molecule has 0 radical (unpaired) electrons. The smallest absolute Gasteiger partial charge is 0.132 e. The van der Waals surface area contributed by atoms with Gasteiger partial charge in [-0.05, 0) is 16.8 Å². The molecule has 2 aromatic rings. The summed E-state index contributed by atoms with van der Waals surface area (Å²) in [6, 6.07) is 11.8. The second-order valence-corrected chi connectivity index (χ2v) is 3.58. The molecule has 0 bridgehead atoms. The van der Waals surface area contributed by atoms with Crippen molar-refractivity contribution in [2.45, 2.75) is 0 Å². The molecular weight excluding hydrogens is 186 g/mol. The number of benzene rings is 2. The van der Waals surface area contributed by atoms with E-state index >= 15 is 0 Å². The van der Waals surface area contributed by atoms with Crippen molar-refractivity contribution in [3.63, 3.8) is 0 Å². The molecular formula is C12H9N3. The summed E-state index contributed by atoms with van der Waals surface area (Å²) in [4.78, 5) is 0. The molecule has 15 heavy (non-hydrogen) atoms. The topological polar surface area (TPSA) is 59.7 Å². The van der Waals surface area contributed by atoms with Crippen LogP contribution in [0, 0.1) is 10.8 Å². The molecule has 3 nitrogen and oxygen atoms in total. The van der Waals surface area contributed by atoms with E-state index < -0.39 is 0 Å². The third kappa shape index (κ3) is 1.00. The van der Waals surface area contributed by atoms with Gasteiger partial charge in [0.25, 0.3) is 0 Å². The van der Waals surface area contributed by atoms with Gasteiger partial charge >= 0.3 is 0 Å². The standard InChI is InChI=1S/C12H9N3/c13-11-9-6-5-7-3-1-2-4-8(7)10(9)12(14)15-11/h1-6H,(H3,13,14,15). The van der Waals surface area contributed by atoms with Crippen LogP contribution in [-0.2, 0) is 0 Å². The van der Waals surface area contributed by atoms with Gasteiger partial charge in [-0.1, -0.05) is 30.3 Å². The summed E-state index contributed by atoms with van der Waals surface area (Å²) in [7, 11) is 0. The van der Waals surface area contributed by atoms with Crippen molar-refractivity contribution >= 4 is 22.4 Å². The molecule has 3 heteroatoms. The van der Waals surface area contributed by atoms with Gasteiger partial charge in [-0.3, -0.25) is 10.8 Å². The first-order valence-electron chi connectivity index (χ1n) is 4.74. The van der Waals surface area contributed by atoms with Gasteiger partial charge in [0.1, 0.15) is 11.7 Å². The zero-order chi connectivity index (χ0) is 10.4. The van der Waals surface area contributed by atoms with Crippen LogP contribution >= 0.6 is 0 Å². The minimum atomic E-state index is 0.320. The second-order valence-electron chi connectivity index (χ2n) is 3.58. The average molecular weight is 195 g/mol. The van der Waals surface area contributed by atoms with E-state index in [4.69, 9.17) is 10.8 Å². The number of hydrogen-bond acceptors (Lipinski definition) is 2. The number of fused-ring (bicyclic) bond motifs is 3. The molecule has 0 amide bonds. The van der Waals surface area contributed by atoms with E-state index in [0.29, 0.717) is 11.7 Å². The molecule has 0 aliphatic carbocycles. The van der Waals surface area contributed by atoms with Gasteiger partial charge in [-0.15, -0.1) is 0 Å². The van der Waals surface area contributed by atoms with Crippen molar-refractivity contribution in [1.82, 2.24) is 5.32 Å². The van der Waals surface area contributed by atoms with Crippen LogP contribution in [0.4, 0.5) is 0 Å². The maximum atomic E-state index is 7.79. The number of rotatable bonds is 0. The monoisotopic (exact) mass is 195 g/mol. The lowest BCUT2D eigenvalue weighted by molar-refractivity contribution is 1.29. The molecule has 0 spiro atoms. The molecule has 3 N–H and O–H groups in total. The molecule has 1 aliphatic rings.